The summed E-state index contributed by atoms with van der Waals surface area (Å²) in [6.07, 6.45) is 0.797. The highest BCUT2D eigenvalue weighted by atomic mass is 32.2. The Labute approximate surface area is 116 Å². The van der Waals surface area contributed by atoms with Gasteiger partial charge in [0.15, 0.2) is 0 Å². The minimum Gasteiger partial charge on any atom is -0.316 e. The summed E-state index contributed by atoms with van der Waals surface area (Å²) in [5.41, 5.74) is 2.11. The normalized spacial score (nSPS) is 13.8. The van der Waals surface area contributed by atoms with Crippen molar-refractivity contribution in [2.24, 2.45) is 0 Å². The molecule has 1 aromatic rings. The molecule has 0 aliphatic rings. The van der Waals surface area contributed by atoms with Crippen LogP contribution in [0.2, 0.25) is 0 Å². The summed E-state index contributed by atoms with van der Waals surface area (Å²) >= 11 is 0. The van der Waals surface area contributed by atoms with E-state index in [1.807, 2.05) is 33.9 Å². The molecule has 0 saturated carbocycles. The van der Waals surface area contributed by atoms with Gasteiger partial charge >= 0.3 is 0 Å². The summed E-state index contributed by atoms with van der Waals surface area (Å²) in [6, 6.07) is 5.31. The lowest BCUT2D eigenvalue weighted by Gasteiger charge is -2.23. The standard InChI is InChI=1S/C14H24N2O2S/c1-6-12(3)16(5)19(17,18)14-8-7-11(2)13(9-14)10-15-4/h7-9,12,15H,6,10H2,1-5H3. The highest BCUT2D eigenvalue weighted by molar-refractivity contribution is 7.89. The van der Waals surface area contributed by atoms with Crippen LogP contribution in [0, 0.1) is 6.92 Å². The summed E-state index contributed by atoms with van der Waals surface area (Å²) in [5, 5.41) is 3.06. The number of benzene rings is 1. The summed E-state index contributed by atoms with van der Waals surface area (Å²) < 4.78 is 26.5. The number of nitrogens with one attached hydrogen (secondary N) is 1. The first-order chi connectivity index (χ1) is 8.84. The summed E-state index contributed by atoms with van der Waals surface area (Å²) in [4.78, 5) is 0.367. The molecule has 1 N–H and O–H groups in total. The molecule has 0 aliphatic heterocycles. The molecule has 4 nitrogen and oxygen atoms in total. The molecule has 0 fully saturated rings. The number of aryl methyl sites for hydroxylation is 1. The van der Waals surface area contributed by atoms with Crippen LogP contribution in [-0.2, 0) is 16.6 Å². The molecule has 0 radical (unpaired) electrons. The highest BCUT2D eigenvalue weighted by Crippen LogP contribution is 2.20. The van der Waals surface area contributed by atoms with Crippen LogP contribution in [0.15, 0.2) is 23.1 Å². The molecule has 1 rings (SSSR count). The van der Waals surface area contributed by atoms with Crippen molar-refractivity contribution in [3.05, 3.63) is 29.3 Å². The molecule has 5 heteroatoms. The fourth-order valence-corrected chi connectivity index (χ4v) is 3.34. The zero-order valence-electron chi connectivity index (χ0n) is 12.4. The molecule has 0 aromatic heterocycles. The maximum Gasteiger partial charge on any atom is 0.243 e. The van der Waals surface area contributed by atoms with Gasteiger partial charge in [-0.2, -0.15) is 4.31 Å². The Balaban J connectivity index is 3.18. The molecule has 1 unspecified atom stereocenters. The van der Waals surface area contributed by atoms with Gasteiger partial charge in [-0.05, 0) is 50.6 Å². The maximum absolute atomic E-state index is 12.5. The molecule has 0 aliphatic carbocycles. The Hall–Kier alpha value is -0.910. The number of rotatable bonds is 6. The van der Waals surface area contributed by atoms with Gasteiger partial charge in [-0.3, -0.25) is 0 Å². The SMILES string of the molecule is CCC(C)N(C)S(=O)(=O)c1ccc(C)c(CNC)c1. The summed E-state index contributed by atoms with van der Waals surface area (Å²) in [7, 11) is 0.0907. The van der Waals surface area contributed by atoms with Crippen molar-refractivity contribution in [2.45, 2.75) is 44.7 Å². The minimum absolute atomic E-state index is 0.000877. The van der Waals surface area contributed by atoms with Gasteiger partial charge in [0.25, 0.3) is 0 Å². The number of hydrogen-bond donors (Lipinski definition) is 1. The zero-order chi connectivity index (χ0) is 14.6. The lowest BCUT2D eigenvalue weighted by molar-refractivity contribution is 0.380. The fraction of sp³-hybridized carbons (Fsp3) is 0.571. The largest absolute Gasteiger partial charge is 0.316 e. The van der Waals surface area contributed by atoms with Crippen molar-refractivity contribution >= 4 is 10.0 Å². The van der Waals surface area contributed by atoms with E-state index in [2.05, 4.69) is 5.32 Å². The molecular weight excluding hydrogens is 260 g/mol. The van der Waals surface area contributed by atoms with Crippen molar-refractivity contribution in [1.82, 2.24) is 9.62 Å². The van der Waals surface area contributed by atoms with Crippen molar-refractivity contribution in [1.29, 1.82) is 0 Å². The van der Waals surface area contributed by atoms with Crippen LogP contribution in [0.25, 0.3) is 0 Å². The van der Waals surface area contributed by atoms with Crippen molar-refractivity contribution in [3.63, 3.8) is 0 Å². The van der Waals surface area contributed by atoms with Gasteiger partial charge in [-0.25, -0.2) is 8.42 Å². The van der Waals surface area contributed by atoms with Crippen LogP contribution in [0.4, 0.5) is 0 Å². The molecule has 0 bridgehead atoms. The van der Waals surface area contributed by atoms with E-state index in [-0.39, 0.29) is 6.04 Å². The molecule has 1 aromatic carbocycles. The second-order valence-corrected chi connectivity index (χ2v) is 6.89. The summed E-state index contributed by atoms with van der Waals surface area (Å²) in [6.45, 7) is 6.56. The second-order valence-electron chi connectivity index (χ2n) is 4.90. The van der Waals surface area contributed by atoms with E-state index >= 15 is 0 Å². The van der Waals surface area contributed by atoms with E-state index in [0.717, 1.165) is 17.5 Å². The number of hydrogen-bond acceptors (Lipinski definition) is 3. The van der Waals surface area contributed by atoms with Crippen molar-refractivity contribution in [3.8, 4) is 0 Å². The monoisotopic (exact) mass is 284 g/mol. The Morgan fingerprint density at radius 2 is 2.00 bits per heavy atom. The first-order valence-corrected chi connectivity index (χ1v) is 8.00. The average molecular weight is 284 g/mol. The molecular formula is C14H24N2O2S. The molecule has 19 heavy (non-hydrogen) atoms. The topological polar surface area (TPSA) is 49.4 Å². The third kappa shape index (κ3) is 3.55. The van der Waals surface area contributed by atoms with Crippen LogP contribution in [0.3, 0.4) is 0 Å². The van der Waals surface area contributed by atoms with E-state index in [9.17, 15) is 8.42 Å². The maximum atomic E-state index is 12.5. The number of sulfonamides is 1. The minimum atomic E-state index is -3.40. The third-order valence-electron chi connectivity index (χ3n) is 3.58. The second kappa shape index (κ2) is 6.50. The van der Waals surface area contributed by atoms with Gasteiger partial charge in [0, 0.05) is 19.6 Å². The van der Waals surface area contributed by atoms with E-state index in [0.29, 0.717) is 11.4 Å². The quantitative estimate of drug-likeness (QED) is 0.870. The average Bonchev–Trinajstić information content (AvgIpc) is 2.39. The van der Waals surface area contributed by atoms with Crippen LogP contribution in [0.1, 0.15) is 31.4 Å². The first-order valence-electron chi connectivity index (χ1n) is 6.56. The van der Waals surface area contributed by atoms with Crippen LogP contribution in [0.5, 0.6) is 0 Å². The highest BCUT2D eigenvalue weighted by Gasteiger charge is 2.24. The smallest absolute Gasteiger partial charge is 0.243 e. The van der Waals surface area contributed by atoms with E-state index in [1.165, 1.54) is 4.31 Å². The van der Waals surface area contributed by atoms with Crippen molar-refractivity contribution < 1.29 is 8.42 Å². The Morgan fingerprint density at radius 3 is 2.53 bits per heavy atom. The molecule has 0 spiro atoms. The van der Waals surface area contributed by atoms with Gasteiger partial charge < -0.3 is 5.32 Å². The van der Waals surface area contributed by atoms with Crippen molar-refractivity contribution in [2.75, 3.05) is 14.1 Å². The molecule has 1 atom stereocenters. The van der Waals surface area contributed by atoms with Gasteiger partial charge in [-0.15, -0.1) is 0 Å². The first kappa shape index (κ1) is 16.1. The summed E-state index contributed by atoms with van der Waals surface area (Å²) in [5.74, 6) is 0. The molecule has 108 valence electrons. The number of nitrogens with zero attached hydrogens (tertiary/aromatic N) is 1. The van der Waals surface area contributed by atoms with Gasteiger partial charge in [0.1, 0.15) is 0 Å². The third-order valence-corrected chi connectivity index (χ3v) is 5.54. The van der Waals surface area contributed by atoms with Gasteiger partial charge in [0.05, 0.1) is 4.90 Å². The van der Waals surface area contributed by atoms with Crippen LogP contribution < -0.4 is 5.32 Å². The van der Waals surface area contributed by atoms with Gasteiger partial charge in [-0.1, -0.05) is 13.0 Å². The van der Waals surface area contributed by atoms with E-state index in [1.54, 1.807) is 19.2 Å². The Morgan fingerprint density at radius 1 is 1.37 bits per heavy atom. The van der Waals surface area contributed by atoms with Gasteiger partial charge in [0.2, 0.25) is 10.0 Å². The van der Waals surface area contributed by atoms with E-state index < -0.39 is 10.0 Å². The lowest BCUT2D eigenvalue weighted by atomic mass is 10.1. The lowest BCUT2D eigenvalue weighted by Crippen LogP contribution is -2.34. The predicted octanol–water partition coefficient (Wildman–Crippen LogP) is 2.13. The molecule has 0 saturated heterocycles. The Kier molecular flexibility index (Phi) is 5.52. The van der Waals surface area contributed by atoms with Crippen LogP contribution in [-0.4, -0.2) is 32.9 Å². The van der Waals surface area contributed by atoms with E-state index in [4.69, 9.17) is 0 Å². The molecule has 0 heterocycles. The zero-order valence-corrected chi connectivity index (χ0v) is 13.2. The van der Waals surface area contributed by atoms with Crippen LogP contribution >= 0.6 is 0 Å². The molecule has 0 amide bonds. The predicted molar refractivity (Wildman–Crippen MR) is 78.6 cm³/mol. The Bertz CT molecular complexity index is 526. The fourth-order valence-electron chi connectivity index (χ4n) is 1.85.